The lowest BCUT2D eigenvalue weighted by Gasteiger charge is -2.09. The molecule has 0 radical (unpaired) electrons. The van der Waals surface area contributed by atoms with Crippen LogP contribution >= 0.6 is 11.6 Å². The zero-order valence-electron chi connectivity index (χ0n) is 20.9. The van der Waals surface area contributed by atoms with E-state index in [-0.39, 0.29) is 11.1 Å². The normalized spacial score (nSPS) is 17.0. The second-order valence-corrected chi connectivity index (χ2v) is 4.28. The van der Waals surface area contributed by atoms with Crippen LogP contribution in [0.1, 0.15) is 25.6 Å². The van der Waals surface area contributed by atoms with Crippen molar-refractivity contribution in [3.05, 3.63) is 46.6 Å². The molecule has 0 aliphatic carbocycles. The summed E-state index contributed by atoms with van der Waals surface area (Å²) in [7, 11) is 0. The molecule has 22 heavy (non-hydrogen) atoms. The number of nitrogens with one attached hydrogen (secondary N) is 1. The van der Waals surface area contributed by atoms with Gasteiger partial charge in [-0.25, -0.2) is 4.98 Å². The number of carboxylic acids is 1. The summed E-state index contributed by atoms with van der Waals surface area (Å²) < 4.78 is 76.4. The van der Waals surface area contributed by atoms with E-state index in [1.54, 1.807) is 0 Å². The molecule has 0 aliphatic heterocycles. The van der Waals surface area contributed by atoms with Gasteiger partial charge < -0.3 is 15.5 Å². The van der Waals surface area contributed by atoms with E-state index in [4.69, 9.17) is 25.5 Å². The highest BCUT2D eigenvalue weighted by atomic mass is 35.5. The molecule has 0 aliphatic rings. The van der Waals surface area contributed by atoms with Gasteiger partial charge in [-0.2, -0.15) is 0 Å². The van der Waals surface area contributed by atoms with Crippen molar-refractivity contribution in [3.8, 4) is 16.9 Å². The summed E-state index contributed by atoms with van der Waals surface area (Å²) in [6, 6.07) is -2.21. The first-order valence-corrected chi connectivity index (χ1v) is 6.03. The van der Waals surface area contributed by atoms with E-state index >= 15 is 0 Å². The van der Waals surface area contributed by atoms with Gasteiger partial charge in [0.1, 0.15) is 12.2 Å². The fraction of sp³-hybridized carbons (Fsp3) is 0.133. The molecule has 1 aromatic carbocycles. The first-order chi connectivity index (χ1) is 14.7. The van der Waals surface area contributed by atoms with Crippen LogP contribution in [0.5, 0.6) is 5.75 Å². The van der Waals surface area contributed by atoms with Gasteiger partial charge in [0.05, 0.1) is 9.60 Å². The van der Waals surface area contributed by atoms with Crippen LogP contribution in [0.25, 0.3) is 12.6 Å². The zero-order chi connectivity index (χ0) is 24.7. The summed E-state index contributed by atoms with van der Waals surface area (Å²) in [4.78, 5) is 27.5. The number of hydrogen-bond acceptors (Lipinski definition) is 5. The molecule has 0 spiro atoms. The van der Waals surface area contributed by atoms with Crippen molar-refractivity contribution < 1.29 is 30.8 Å². The van der Waals surface area contributed by atoms with Crippen molar-refractivity contribution in [1.29, 1.82) is 2.86 Å². The van der Waals surface area contributed by atoms with Crippen LogP contribution in [-0.2, 0) is 4.79 Å². The van der Waals surface area contributed by atoms with Crippen molar-refractivity contribution in [2.45, 2.75) is 6.92 Å². The molecular formula is C15H13ClN2O4. The van der Waals surface area contributed by atoms with Crippen LogP contribution in [0.15, 0.2) is 30.3 Å². The lowest BCUT2D eigenvalue weighted by Crippen LogP contribution is -2.29. The third kappa shape index (κ3) is 3.53. The molecule has 0 unspecified atom stereocenters. The number of aromatic nitrogens is 1. The first-order valence-electron chi connectivity index (χ1n) is 10.4. The second-order valence-electron chi connectivity index (χ2n) is 3.91. The van der Waals surface area contributed by atoms with E-state index in [0.717, 1.165) is 0 Å². The number of benzene rings is 1. The van der Waals surface area contributed by atoms with E-state index in [1.165, 1.54) is 6.92 Å². The summed E-state index contributed by atoms with van der Waals surface area (Å²) in [5, 5.41) is 6.72. The van der Waals surface area contributed by atoms with E-state index in [9.17, 15) is 9.59 Å². The molecule has 1 amide bonds. The Kier molecular flexibility index (Phi) is 2.08. The quantitative estimate of drug-likeness (QED) is 0.780. The maximum absolute atomic E-state index is 12.6. The first kappa shape index (κ1) is 7.11. The minimum absolute atomic E-state index is 0.0140. The summed E-state index contributed by atoms with van der Waals surface area (Å²) in [6.45, 7) is -2.12. The average Bonchev–Trinajstić information content (AvgIpc) is 2.76. The average molecular weight is 331 g/mol. The second kappa shape index (κ2) is 6.44. The number of hydrogen-bond donors (Lipinski definition) is 3. The Labute approximate surface area is 145 Å². The molecule has 2 aromatic rings. The fourth-order valence-corrected chi connectivity index (χ4v) is 1.61. The van der Waals surface area contributed by atoms with E-state index in [1.807, 2.05) is 0 Å². The molecular weight excluding hydrogens is 308 g/mol. The minimum atomic E-state index is -3.45. The highest BCUT2D eigenvalue weighted by molar-refractivity contribution is 6.30. The van der Waals surface area contributed by atoms with Gasteiger partial charge in [-0.3, -0.25) is 9.59 Å². The molecule has 6 nitrogen and oxygen atoms in total. The predicted molar refractivity (Wildman–Crippen MR) is 81.1 cm³/mol. The number of halogens is 1. The topological polar surface area (TPSA) is 99.5 Å². The van der Waals surface area contributed by atoms with Crippen molar-refractivity contribution in [2.75, 3.05) is 6.50 Å². The number of amides is 1. The Hall–Kier alpha value is -2.60. The number of aromatic hydroxyl groups is 1. The van der Waals surface area contributed by atoms with Gasteiger partial charge in [0, 0.05) is 16.8 Å². The molecule has 1 heterocycles. The van der Waals surface area contributed by atoms with Gasteiger partial charge in [-0.1, -0.05) is 17.6 Å². The third-order valence-electron chi connectivity index (χ3n) is 2.40. The molecule has 1 aromatic heterocycles. The number of carbonyl (C=O) groups excluding carboxylic acids is 1. The molecule has 0 atom stereocenters. The predicted octanol–water partition coefficient (Wildman–Crippen LogP) is 2.23. The van der Waals surface area contributed by atoms with E-state index in [2.05, 4.69) is 15.2 Å². The van der Waals surface area contributed by atoms with Crippen molar-refractivity contribution in [1.82, 2.24) is 10.3 Å². The number of nitrogens with zero attached hydrogens (tertiary/aromatic N) is 1. The molecule has 0 saturated heterocycles. The Morgan fingerprint density at radius 3 is 3.09 bits per heavy atom. The standard InChI is InChI=1S/C15H13ClN2O4/c1-8-2-3-10(16)5-11(8)9-4-12(19)14(17-6-9)15(22)18-7-13(20)21/h2-6,19H,7H2,1H3,(H,18,22)(H,20,21)/i2D,3D,4D,5D,6D,7D2/hD3. The molecule has 0 saturated carbocycles. The largest absolute Gasteiger partial charge is 0.505 e. The highest BCUT2D eigenvalue weighted by Gasteiger charge is 2.15. The van der Waals surface area contributed by atoms with E-state index < -0.39 is 76.1 Å². The number of aliphatic carboxylic acids is 1. The number of pyridine rings is 1. The van der Waals surface area contributed by atoms with Crippen molar-refractivity contribution in [2.24, 2.45) is 0 Å². The van der Waals surface area contributed by atoms with Crippen molar-refractivity contribution >= 4 is 23.5 Å². The zero-order valence-corrected chi connectivity index (χ0v) is 11.7. The van der Waals surface area contributed by atoms with Gasteiger partial charge in [-0.05, 0) is 36.2 Å². The van der Waals surface area contributed by atoms with E-state index in [0.29, 0.717) is 0 Å². The Balaban J connectivity index is 2.80. The summed E-state index contributed by atoms with van der Waals surface area (Å²) in [6.07, 6.45) is -0.846. The van der Waals surface area contributed by atoms with Crippen molar-refractivity contribution in [3.63, 3.8) is 0 Å². The molecule has 7 heteroatoms. The molecule has 114 valence electrons. The Morgan fingerprint density at radius 1 is 1.55 bits per heavy atom. The lowest BCUT2D eigenvalue weighted by molar-refractivity contribution is -0.135. The smallest absolute Gasteiger partial charge is 0.322 e. The summed E-state index contributed by atoms with van der Waals surface area (Å²) in [5.74, 6) is -4.55. The third-order valence-corrected chi connectivity index (χ3v) is 2.59. The van der Waals surface area contributed by atoms with Crippen LogP contribution in [0.4, 0.5) is 0 Å². The van der Waals surface area contributed by atoms with Gasteiger partial charge >= 0.3 is 5.97 Å². The molecule has 0 bridgehead atoms. The Morgan fingerprint density at radius 2 is 2.36 bits per heavy atom. The fourth-order valence-electron chi connectivity index (χ4n) is 1.47. The number of carbonyl (C=O) groups is 2. The number of carboxylic acid groups (broad SMARTS) is 1. The maximum atomic E-state index is 12.6. The van der Waals surface area contributed by atoms with Crippen LogP contribution in [0.2, 0.25) is 6.43 Å². The summed E-state index contributed by atoms with van der Waals surface area (Å²) in [5.41, 5.74) is -1.77. The van der Waals surface area contributed by atoms with Gasteiger partial charge in [0.2, 0.25) is 0 Å². The molecule has 0 fully saturated rings. The van der Waals surface area contributed by atoms with Gasteiger partial charge in [0.25, 0.3) is 8.77 Å². The maximum Gasteiger partial charge on any atom is 0.322 e. The van der Waals surface area contributed by atoms with Crippen LogP contribution in [0, 0.1) is 6.92 Å². The number of rotatable bonds is 5. The van der Waals surface area contributed by atoms with Gasteiger partial charge in [0.15, 0.2) is 7.11 Å². The van der Waals surface area contributed by atoms with Gasteiger partial charge in [-0.15, -0.1) is 0 Å². The Bertz CT molecular complexity index is 1100. The lowest BCUT2D eigenvalue weighted by atomic mass is 10.0. The molecule has 2 rings (SSSR count). The minimum Gasteiger partial charge on any atom is -0.505 e. The monoisotopic (exact) mass is 330 g/mol. The van der Waals surface area contributed by atoms with Crippen LogP contribution in [-0.4, -0.2) is 35.0 Å². The summed E-state index contributed by atoms with van der Waals surface area (Å²) >= 11 is 5.91. The molecule has 3 N–H and O–H groups in total. The van der Waals surface area contributed by atoms with Crippen LogP contribution in [0.3, 0.4) is 0 Å². The van der Waals surface area contributed by atoms with Crippen LogP contribution < -0.4 is 5.31 Å². The highest BCUT2D eigenvalue weighted by Crippen LogP contribution is 2.29. The SMILES string of the molecule is [2H]OC(=O)C([2H])([2H])N([2H])C(=O)c1nc([2H])c(-c2c([2H])c(Cl)c([2H])c([2H])c2C)c([2H])c1O[2H].